The lowest BCUT2D eigenvalue weighted by atomic mass is 10.0. The summed E-state index contributed by atoms with van der Waals surface area (Å²) in [5.41, 5.74) is 2.29. The molecule has 1 fully saturated rings. The number of likely N-dealkylation sites (tertiary alicyclic amines) is 1. The van der Waals surface area contributed by atoms with Gasteiger partial charge in [0.1, 0.15) is 0 Å². The molecule has 3 rings (SSSR count). The van der Waals surface area contributed by atoms with Crippen molar-refractivity contribution < 1.29 is 4.79 Å². The van der Waals surface area contributed by atoms with Crippen LogP contribution in [0.3, 0.4) is 0 Å². The first-order chi connectivity index (χ1) is 12.5. The van der Waals surface area contributed by atoms with Gasteiger partial charge in [0.25, 0.3) is 0 Å². The van der Waals surface area contributed by atoms with E-state index in [0.717, 1.165) is 36.2 Å². The number of benzene rings is 1. The Balaban J connectivity index is 1.51. The number of hydrogen-bond donors (Lipinski definition) is 1. The van der Waals surface area contributed by atoms with Crippen LogP contribution in [0.1, 0.15) is 31.2 Å². The van der Waals surface area contributed by atoms with Gasteiger partial charge in [-0.3, -0.25) is 4.79 Å². The van der Waals surface area contributed by atoms with E-state index < -0.39 is 0 Å². The molecular formula is C19H27N5OS. The monoisotopic (exact) mass is 373 g/mol. The van der Waals surface area contributed by atoms with Crippen molar-refractivity contribution in [3.8, 4) is 0 Å². The van der Waals surface area contributed by atoms with Crippen LogP contribution in [0.2, 0.25) is 0 Å². The molecule has 0 radical (unpaired) electrons. The second-order valence-electron chi connectivity index (χ2n) is 7.05. The number of hydrogen-bond acceptors (Lipinski definition) is 5. The Morgan fingerprint density at radius 1 is 1.31 bits per heavy atom. The summed E-state index contributed by atoms with van der Waals surface area (Å²) in [6.07, 6.45) is 2.33. The van der Waals surface area contributed by atoms with Crippen LogP contribution in [0.4, 0.5) is 5.69 Å². The van der Waals surface area contributed by atoms with E-state index in [-0.39, 0.29) is 5.91 Å². The van der Waals surface area contributed by atoms with Crippen molar-refractivity contribution in [1.82, 2.24) is 19.7 Å². The van der Waals surface area contributed by atoms with Gasteiger partial charge in [0.2, 0.25) is 5.91 Å². The third kappa shape index (κ3) is 4.78. The predicted octanol–water partition coefficient (Wildman–Crippen LogP) is 3.09. The Bertz CT molecular complexity index is 743. The summed E-state index contributed by atoms with van der Waals surface area (Å²) in [7, 11) is 1.95. The fourth-order valence-electron chi connectivity index (χ4n) is 3.11. The smallest absolute Gasteiger partial charge is 0.233 e. The Morgan fingerprint density at radius 3 is 2.81 bits per heavy atom. The lowest BCUT2D eigenvalue weighted by molar-refractivity contribution is -0.130. The molecule has 140 valence electrons. The van der Waals surface area contributed by atoms with Gasteiger partial charge in [-0.2, -0.15) is 0 Å². The minimum absolute atomic E-state index is 0.198. The maximum atomic E-state index is 12.4. The SMILES string of the molecule is Cc1ccc(NCc2nnc(SCC(=O)N3CCC[C@@H](C)C3)n2C)cc1. The van der Waals surface area contributed by atoms with Crippen molar-refractivity contribution in [2.24, 2.45) is 13.0 Å². The minimum Gasteiger partial charge on any atom is -0.378 e. The number of carbonyl (C=O) groups is 1. The van der Waals surface area contributed by atoms with Crippen molar-refractivity contribution in [1.29, 1.82) is 0 Å². The zero-order valence-corrected chi connectivity index (χ0v) is 16.6. The predicted molar refractivity (Wildman–Crippen MR) is 105 cm³/mol. The Labute approximate surface area is 159 Å². The molecule has 7 heteroatoms. The molecule has 1 aliphatic rings. The molecule has 1 amide bonds. The summed E-state index contributed by atoms with van der Waals surface area (Å²) in [6.45, 7) is 6.65. The highest BCUT2D eigenvalue weighted by Crippen LogP contribution is 2.20. The molecule has 1 aromatic heterocycles. The molecule has 1 atom stereocenters. The van der Waals surface area contributed by atoms with Crippen LogP contribution in [0.15, 0.2) is 29.4 Å². The Morgan fingerprint density at radius 2 is 2.08 bits per heavy atom. The number of rotatable bonds is 6. The number of nitrogens with one attached hydrogen (secondary N) is 1. The van der Waals surface area contributed by atoms with Crippen LogP contribution in [0.5, 0.6) is 0 Å². The first-order valence-corrected chi connectivity index (χ1v) is 10.1. The minimum atomic E-state index is 0.198. The molecular weight excluding hydrogens is 346 g/mol. The van der Waals surface area contributed by atoms with E-state index in [2.05, 4.69) is 53.6 Å². The first-order valence-electron chi connectivity index (χ1n) is 9.12. The largest absolute Gasteiger partial charge is 0.378 e. The molecule has 1 saturated heterocycles. The Kier molecular flexibility index (Phi) is 6.19. The fraction of sp³-hybridized carbons (Fsp3) is 0.526. The van der Waals surface area contributed by atoms with Crippen LogP contribution in [-0.2, 0) is 18.4 Å². The maximum absolute atomic E-state index is 12.4. The van der Waals surface area contributed by atoms with E-state index in [1.807, 2.05) is 16.5 Å². The zero-order valence-electron chi connectivity index (χ0n) is 15.7. The third-order valence-corrected chi connectivity index (χ3v) is 5.77. The van der Waals surface area contributed by atoms with E-state index in [4.69, 9.17) is 0 Å². The summed E-state index contributed by atoms with van der Waals surface area (Å²) in [6, 6.07) is 8.26. The third-order valence-electron chi connectivity index (χ3n) is 4.76. The van der Waals surface area contributed by atoms with Gasteiger partial charge in [-0.1, -0.05) is 36.4 Å². The number of thioether (sulfide) groups is 1. The Hall–Kier alpha value is -2.02. The quantitative estimate of drug-likeness (QED) is 0.789. The number of amides is 1. The van der Waals surface area contributed by atoms with Gasteiger partial charge in [0.15, 0.2) is 11.0 Å². The highest BCUT2D eigenvalue weighted by Gasteiger charge is 2.21. The lowest BCUT2D eigenvalue weighted by Crippen LogP contribution is -2.40. The van der Waals surface area contributed by atoms with Gasteiger partial charge in [0.05, 0.1) is 12.3 Å². The van der Waals surface area contributed by atoms with Gasteiger partial charge in [-0.15, -0.1) is 10.2 Å². The average Bonchev–Trinajstić information content (AvgIpc) is 2.99. The van der Waals surface area contributed by atoms with E-state index >= 15 is 0 Å². The molecule has 26 heavy (non-hydrogen) atoms. The van der Waals surface area contributed by atoms with Crippen molar-refractivity contribution in [2.45, 2.75) is 38.4 Å². The lowest BCUT2D eigenvalue weighted by Gasteiger charge is -2.30. The zero-order chi connectivity index (χ0) is 18.5. The molecule has 1 aromatic carbocycles. The number of carbonyl (C=O) groups excluding carboxylic acids is 1. The second kappa shape index (κ2) is 8.58. The van der Waals surface area contributed by atoms with Crippen LogP contribution in [0.25, 0.3) is 0 Å². The average molecular weight is 374 g/mol. The molecule has 0 aliphatic carbocycles. The summed E-state index contributed by atoms with van der Waals surface area (Å²) < 4.78 is 1.96. The highest BCUT2D eigenvalue weighted by molar-refractivity contribution is 7.99. The van der Waals surface area contributed by atoms with E-state index in [1.54, 1.807) is 0 Å². The summed E-state index contributed by atoms with van der Waals surface area (Å²) >= 11 is 1.46. The summed E-state index contributed by atoms with van der Waals surface area (Å²) in [4.78, 5) is 14.4. The maximum Gasteiger partial charge on any atom is 0.233 e. The molecule has 6 nitrogen and oxygen atoms in total. The molecule has 1 aliphatic heterocycles. The molecule has 0 spiro atoms. The van der Waals surface area contributed by atoms with Crippen LogP contribution < -0.4 is 5.32 Å². The summed E-state index contributed by atoms with van der Waals surface area (Å²) in [5, 5.41) is 12.6. The first kappa shape index (κ1) is 18.8. The van der Waals surface area contributed by atoms with Gasteiger partial charge in [-0.05, 0) is 37.8 Å². The molecule has 0 saturated carbocycles. The summed E-state index contributed by atoms with van der Waals surface area (Å²) in [5.74, 6) is 2.08. The molecule has 1 N–H and O–H groups in total. The standard InChI is InChI=1S/C19H27N5OS/c1-14-6-8-16(9-7-14)20-11-17-21-22-19(23(17)3)26-13-18(25)24-10-4-5-15(2)12-24/h6-9,15,20H,4-5,10-13H2,1-3H3/t15-/m1/s1. The van der Waals surface area contributed by atoms with E-state index in [1.165, 1.54) is 23.7 Å². The number of aromatic nitrogens is 3. The van der Waals surface area contributed by atoms with Crippen molar-refractivity contribution in [3.63, 3.8) is 0 Å². The van der Waals surface area contributed by atoms with Crippen LogP contribution in [0, 0.1) is 12.8 Å². The number of nitrogens with zero attached hydrogens (tertiary/aromatic N) is 4. The number of anilines is 1. The topological polar surface area (TPSA) is 63.1 Å². The van der Waals surface area contributed by atoms with E-state index in [0.29, 0.717) is 18.2 Å². The van der Waals surface area contributed by atoms with Gasteiger partial charge in [-0.25, -0.2) is 0 Å². The molecule has 0 bridgehead atoms. The highest BCUT2D eigenvalue weighted by atomic mass is 32.2. The van der Waals surface area contributed by atoms with E-state index in [9.17, 15) is 4.79 Å². The molecule has 2 heterocycles. The van der Waals surface area contributed by atoms with Crippen molar-refractivity contribution in [2.75, 3.05) is 24.2 Å². The van der Waals surface area contributed by atoms with Crippen LogP contribution >= 0.6 is 11.8 Å². The molecule has 0 unspecified atom stereocenters. The normalized spacial score (nSPS) is 17.3. The number of piperidine rings is 1. The van der Waals surface area contributed by atoms with Gasteiger partial charge in [0, 0.05) is 25.8 Å². The molecule has 2 aromatic rings. The number of aryl methyl sites for hydroxylation is 1. The fourth-order valence-corrected chi connectivity index (χ4v) is 3.94. The van der Waals surface area contributed by atoms with Crippen molar-refractivity contribution in [3.05, 3.63) is 35.7 Å². The van der Waals surface area contributed by atoms with Gasteiger partial charge >= 0.3 is 0 Å². The van der Waals surface area contributed by atoms with Crippen LogP contribution in [-0.4, -0.2) is 44.4 Å². The van der Waals surface area contributed by atoms with Crippen molar-refractivity contribution >= 4 is 23.4 Å². The second-order valence-corrected chi connectivity index (χ2v) is 8.00. The van der Waals surface area contributed by atoms with Gasteiger partial charge < -0.3 is 14.8 Å².